The van der Waals surface area contributed by atoms with Gasteiger partial charge in [-0.1, -0.05) is 6.92 Å². The summed E-state index contributed by atoms with van der Waals surface area (Å²) in [6.07, 6.45) is 2.65. The molecule has 0 aliphatic rings. The van der Waals surface area contributed by atoms with Crippen LogP contribution in [0.4, 0.5) is 0 Å². The smallest absolute Gasteiger partial charge is 0.241 e. The van der Waals surface area contributed by atoms with Gasteiger partial charge >= 0.3 is 0 Å². The molecule has 0 radical (unpaired) electrons. The molecular weight excluding hydrogens is 118 g/mol. The van der Waals surface area contributed by atoms with Crippen molar-refractivity contribution in [2.75, 3.05) is 0 Å². The van der Waals surface area contributed by atoms with Crippen LogP contribution in [0.1, 0.15) is 13.3 Å². The highest BCUT2D eigenvalue weighted by molar-refractivity contribution is 5.96. The van der Waals surface area contributed by atoms with Gasteiger partial charge in [0, 0.05) is 12.5 Å². The Kier molecular flexibility index (Phi) is 3.35. The van der Waals surface area contributed by atoms with Crippen molar-refractivity contribution in [3.63, 3.8) is 0 Å². The van der Waals surface area contributed by atoms with E-state index in [4.69, 9.17) is 5.73 Å². The van der Waals surface area contributed by atoms with Gasteiger partial charge in [0.15, 0.2) is 5.78 Å². The lowest BCUT2D eigenvalue weighted by Gasteiger charge is -1.81. The van der Waals surface area contributed by atoms with Crippen molar-refractivity contribution < 1.29 is 9.59 Å². The third kappa shape index (κ3) is 4.74. The number of ketones is 1. The number of hydrogen-bond donors (Lipinski definition) is 1. The summed E-state index contributed by atoms with van der Waals surface area (Å²) in [6.45, 7) is 1.72. The Labute approximate surface area is 53.5 Å². The number of hydrogen-bond acceptors (Lipinski definition) is 2. The molecule has 9 heavy (non-hydrogen) atoms. The van der Waals surface area contributed by atoms with E-state index in [-0.39, 0.29) is 5.78 Å². The fourth-order valence-electron chi connectivity index (χ4n) is 0.293. The van der Waals surface area contributed by atoms with Crippen LogP contribution in [0.25, 0.3) is 0 Å². The molecule has 2 N–H and O–H groups in total. The van der Waals surface area contributed by atoms with Crippen molar-refractivity contribution in [3.05, 3.63) is 12.2 Å². The molecule has 0 saturated heterocycles. The first-order valence-corrected chi connectivity index (χ1v) is 2.67. The summed E-state index contributed by atoms with van der Waals surface area (Å²) in [5, 5.41) is 0. The molecule has 0 fully saturated rings. The third-order valence-electron chi connectivity index (χ3n) is 0.782. The average molecular weight is 127 g/mol. The quantitative estimate of drug-likeness (QED) is 0.543. The molecular formula is C6H9NO2. The first-order valence-electron chi connectivity index (χ1n) is 2.67. The van der Waals surface area contributed by atoms with Gasteiger partial charge in [0.25, 0.3) is 0 Å². The maximum absolute atomic E-state index is 10.4. The van der Waals surface area contributed by atoms with E-state index in [1.807, 2.05) is 0 Å². The maximum Gasteiger partial charge on any atom is 0.241 e. The van der Waals surface area contributed by atoms with Crippen molar-refractivity contribution in [2.24, 2.45) is 5.73 Å². The molecule has 0 aromatic heterocycles. The van der Waals surface area contributed by atoms with E-state index in [0.717, 1.165) is 6.08 Å². The molecule has 0 aliphatic carbocycles. The molecule has 0 heterocycles. The van der Waals surface area contributed by atoms with E-state index in [1.165, 1.54) is 6.08 Å². The van der Waals surface area contributed by atoms with Crippen LogP contribution in [-0.4, -0.2) is 11.7 Å². The van der Waals surface area contributed by atoms with E-state index in [9.17, 15) is 9.59 Å². The summed E-state index contributed by atoms with van der Waals surface area (Å²) in [4.78, 5) is 20.4. The standard InChI is InChI=1S/C6H9NO2/c1-2-5(8)3-4-6(7)9/h3-4H,2H2,1H3,(H2,7,9). The van der Waals surface area contributed by atoms with Crippen molar-refractivity contribution in [1.82, 2.24) is 0 Å². The third-order valence-corrected chi connectivity index (χ3v) is 0.782. The van der Waals surface area contributed by atoms with Gasteiger partial charge in [0.1, 0.15) is 0 Å². The summed E-state index contributed by atoms with van der Waals surface area (Å²) < 4.78 is 0. The predicted octanol–water partition coefficient (Wildman–Crippen LogP) is 0.00700. The number of nitrogens with two attached hydrogens (primary N) is 1. The van der Waals surface area contributed by atoms with Gasteiger partial charge < -0.3 is 5.73 Å². The van der Waals surface area contributed by atoms with Crippen molar-refractivity contribution in [2.45, 2.75) is 13.3 Å². The highest BCUT2D eigenvalue weighted by Gasteiger charge is 1.89. The number of allylic oxidation sites excluding steroid dienone is 1. The number of rotatable bonds is 3. The number of primary amides is 1. The molecule has 0 unspecified atom stereocenters. The zero-order valence-corrected chi connectivity index (χ0v) is 5.26. The maximum atomic E-state index is 10.4. The Hall–Kier alpha value is -1.12. The normalized spacial score (nSPS) is 9.89. The van der Waals surface area contributed by atoms with Crippen LogP contribution in [0.15, 0.2) is 12.2 Å². The minimum absolute atomic E-state index is 0.0891. The Bertz CT molecular complexity index is 149. The molecule has 0 saturated carbocycles. The molecule has 0 aromatic rings. The molecule has 3 heteroatoms. The zero-order valence-electron chi connectivity index (χ0n) is 5.26. The SMILES string of the molecule is CCC(=O)C=CC(N)=O. The molecule has 0 aliphatic heterocycles. The van der Waals surface area contributed by atoms with E-state index in [2.05, 4.69) is 0 Å². The van der Waals surface area contributed by atoms with E-state index >= 15 is 0 Å². The molecule has 1 amide bonds. The van der Waals surface area contributed by atoms with Gasteiger partial charge in [0.05, 0.1) is 0 Å². The fraction of sp³-hybridized carbons (Fsp3) is 0.333. The number of carbonyl (C=O) groups excluding carboxylic acids is 2. The van der Waals surface area contributed by atoms with E-state index in [0.29, 0.717) is 6.42 Å². The van der Waals surface area contributed by atoms with Crippen LogP contribution in [-0.2, 0) is 9.59 Å². The molecule has 0 atom stereocenters. The van der Waals surface area contributed by atoms with Gasteiger partial charge in [-0.25, -0.2) is 0 Å². The van der Waals surface area contributed by atoms with Crippen molar-refractivity contribution in [1.29, 1.82) is 0 Å². The van der Waals surface area contributed by atoms with Gasteiger partial charge in [-0.3, -0.25) is 9.59 Å². The minimum atomic E-state index is -0.586. The average Bonchev–Trinajstić information content (AvgIpc) is 1.83. The first kappa shape index (κ1) is 7.88. The van der Waals surface area contributed by atoms with Crippen LogP contribution in [0.3, 0.4) is 0 Å². The summed E-state index contributed by atoms with van der Waals surface area (Å²) in [6, 6.07) is 0. The van der Waals surface area contributed by atoms with Gasteiger partial charge in [-0.05, 0) is 6.08 Å². The lowest BCUT2D eigenvalue weighted by atomic mass is 10.3. The van der Waals surface area contributed by atoms with Crippen molar-refractivity contribution in [3.8, 4) is 0 Å². The summed E-state index contributed by atoms with van der Waals surface area (Å²) >= 11 is 0. The first-order chi connectivity index (χ1) is 4.16. The molecule has 0 spiro atoms. The fourth-order valence-corrected chi connectivity index (χ4v) is 0.293. The van der Waals surface area contributed by atoms with Crippen molar-refractivity contribution >= 4 is 11.7 Å². The monoisotopic (exact) mass is 127 g/mol. The van der Waals surface area contributed by atoms with Crippen LogP contribution in [0.2, 0.25) is 0 Å². The summed E-state index contributed by atoms with van der Waals surface area (Å²) in [7, 11) is 0. The second-order valence-corrected chi connectivity index (χ2v) is 1.56. The van der Waals surface area contributed by atoms with Crippen LogP contribution < -0.4 is 5.73 Å². The van der Waals surface area contributed by atoms with Gasteiger partial charge in [-0.2, -0.15) is 0 Å². The molecule has 0 bridgehead atoms. The van der Waals surface area contributed by atoms with E-state index in [1.54, 1.807) is 6.92 Å². The lowest BCUT2D eigenvalue weighted by molar-refractivity contribution is -0.116. The second kappa shape index (κ2) is 3.83. The van der Waals surface area contributed by atoms with Gasteiger partial charge in [0.2, 0.25) is 5.91 Å². The number of carbonyl (C=O) groups is 2. The molecule has 50 valence electrons. The lowest BCUT2D eigenvalue weighted by Crippen LogP contribution is -2.06. The van der Waals surface area contributed by atoms with Gasteiger partial charge in [-0.15, -0.1) is 0 Å². The Morgan fingerprint density at radius 1 is 1.44 bits per heavy atom. The highest BCUT2D eigenvalue weighted by atomic mass is 16.1. The Morgan fingerprint density at radius 3 is 2.33 bits per heavy atom. The predicted molar refractivity (Wildman–Crippen MR) is 33.6 cm³/mol. The Morgan fingerprint density at radius 2 is 2.00 bits per heavy atom. The second-order valence-electron chi connectivity index (χ2n) is 1.56. The topological polar surface area (TPSA) is 60.2 Å². The zero-order chi connectivity index (χ0) is 7.28. The van der Waals surface area contributed by atoms with Crippen LogP contribution in [0.5, 0.6) is 0 Å². The largest absolute Gasteiger partial charge is 0.366 e. The summed E-state index contributed by atoms with van der Waals surface area (Å²) in [5.41, 5.74) is 4.72. The summed E-state index contributed by atoms with van der Waals surface area (Å²) in [5.74, 6) is -0.675. The Balaban J connectivity index is 3.71. The molecule has 0 aromatic carbocycles. The highest BCUT2D eigenvalue weighted by Crippen LogP contribution is 1.81. The molecule has 3 nitrogen and oxygen atoms in total. The molecule has 0 rings (SSSR count). The van der Waals surface area contributed by atoms with Crippen LogP contribution >= 0.6 is 0 Å². The minimum Gasteiger partial charge on any atom is -0.366 e. The van der Waals surface area contributed by atoms with Crippen LogP contribution in [0, 0.1) is 0 Å². The van der Waals surface area contributed by atoms with E-state index < -0.39 is 5.91 Å². The number of amides is 1.